The first-order chi connectivity index (χ1) is 15.1. The molecule has 2 aliphatic rings. The molecule has 3 aromatic rings. The minimum Gasteiger partial charge on any atom is -0.467 e. The van der Waals surface area contributed by atoms with Crippen molar-refractivity contribution in [3.05, 3.63) is 60.2 Å². The van der Waals surface area contributed by atoms with Crippen molar-refractivity contribution in [2.45, 2.75) is 25.3 Å². The van der Waals surface area contributed by atoms with Gasteiger partial charge in [-0.25, -0.2) is 5.01 Å². The van der Waals surface area contributed by atoms with E-state index in [4.69, 9.17) is 14.6 Å². The van der Waals surface area contributed by atoms with Crippen LogP contribution in [-0.4, -0.2) is 42.2 Å². The molecule has 31 heavy (non-hydrogen) atoms. The highest BCUT2D eigenvalue weighted by Crippen LogP contribution is 2.34. The van der Waals surface area contributed by atoms with Gasteiger partial charge in [-0.1, -0.05) is 18.2 Å². The summed E-state index contributed by atoms with van der Waals surface area (Å²) >= 11 is 0. The molecule has 8 heteroatoms. The highest BCUT2D eigenvalue weighted by atomic mass is 16.3. The Labute approximate surface area is 179 Å². The lowest BCUT2D eigenvalue weighted by Gasteiger charge is -2.28. The van der Waals surface area contributed by atoms with Gasteiger partial charge >= 0.3 is 0 Å². The molecule has 0 bridgehead atoms. The van der Waals surface area contributed by atoms with Crippen molar-refractivity contribution < 1.29 is 23.3 Å². The van der Waals surface area contributed by atoms with E-state index in [1.165, 1.54) is 5.01 Å². The Balaban J connectivity index is 1.36. The van der Waals surface area contributed by atoms with Crippen molar-refractivity contribution in [1.82, 2.24) is 5.01 Å². The zero-order chi connectivity index (χ0) is 21.4. The van der Waals surface area contributed by atoms with Gasteiger partial charge in [0, 0.05) is 30.6 Å². The SMILES string of the molecule is NC(=O)C1CC[NH+](CC(=O)N2N=C(c3cc4ccccc4o3)C[C@H]2c2ccco2)CC1. The number of likely N-dealkylation sites (tertiary alicyclic amines) is 1. The number of rotatable bonds is 5. The first kappa shape index (κ1) is 19.6. The molecule has 1 atom stereocenters. The van der Waals surface area contributed by atoms with Crippen LogP contribution in [0.1, 0.15) is 36.8 Å². The standard InChI is InChI=1S/C23H24N4O4/c24-23(29)15-7-9-26(10-8-15)14-22(28)27-18(20-6-3-11-30-20)13-17(25-27)21-12-16-4-1-2-5-19(16)31-21/h1-6,11-12,15,18H,7-10,13-14H2,(H2,24,29)/p+1/t18-/m0/s1. The van der Waals surface area contributed by atoms with E-state index in [1.807, 2.05) is 42.5 Å². The van der Waals surface area contributed by atoms with E-state index in [0.29, 0.717) is 37.3 Å². The van der Waals surface area contributed by atoms with Gasteiger partial charge in [-0.15, -0.1) is 0 Å². The van der Waals surface area contributed by atoms with Crippen LogP contribution in [0.5, 0.6) is 0 Å². The molecule has 1 saturated heterocycles. The predicted molar refractivity (Wildman–Crippen MR) is 113 cm³/mol. The van der Waals surface area contributed by atoms with Crippen molar-refractivity contribution in [3.63, 3.8) is 0 Å². The van der Waals surface area contributed by atoms with Crippen molar-refractivity contribution in [2.75, 3.05) is 19.6 Å². The van der Waals surface area contributed by atoms with Gasteiger partial charge in [0.05, 0.1) is 19.4 Å². The molecule has 3 N–H and O–H groups in total. The highest BCUT2D eigenvalue weighted by molar-refractivity contribution is 6.03. The van der Waals surface area contributed by atoms with Gasteiger partial charge in [0.1, 0.15) is 23.1 Å². The van der Waals surface area contributed by atoms with Crippen LogP contribution >= 0.6 is 0 Å². The van der Waals surface area contributed by atoms with E-state index >= 15 is 0 Å². The number of quaternary nitrogens is 1. The van der Waals surface area contributed by atoms with Crippen LogP contribution in [0.15, 0.2) is 62.7 Å². The summed E-state index contributed by atoms with van der Waals surface area (Å²) < 4.78 is 11.6. The second kappa shape index (κ2) is 8.03. The van der Waals surface area contributed by atoms with E-state index in [2.05, 4.69) is 5.10 Å². The first-order valence-corrected chi connectivity index (χ1v) is 10.6. The molecule has 2 aliphatic heterocycles. The van der Waals surface area contributed by atoms with Crippen LogP contribution in [0.25, 0.3) is 11.0 Å². The topological polar surface area (TPSA) is 106 Å². The molecular formula is C23H25N4O4+. The Bertz CT molecular complexity index is 1090. The fourth-order valence-electron chi connectivity index (χ4n) is 4.50. The summed E-state index contributed by atoms with van der Waals surface area (Å²) in [5, 5.41) is 7.20. The molecule has 0 aliphatic carbocycles. The molecule has 160 valence electrons. The van der Waals surface area contributed by atoms with E-state index in [1.54, 1.807) is 6.26 Å². The van der Waals surface area contributed by atoms with Gasteiger partial charge in [0.15, 0.2) is 12.3 Å². The van der Waals surface area contributed by atoms with Crippen LogP contribution in [0.4, 0.5) is 0 Å². The summed E-state index contributed by atoms with van der Waals surface area (Å²) in [4.78, 5) is 25.8. The maximum Gasteiger partial charge on any atom is 0.298 e. The molecule has 0 saturated carbocycles. The lowest BCUT2D eigenvalue weighted by molar-refractivity contribution is -0.898. The molecule has 0 spiro atoms. The average Bonchev–Trinajstić information content (AvgIpc) is 3.52. The Morgan fingerprint density at radius 2 is 1.97 bits per heavy atom. The number of primary amides is 1. The maximum absolute atomic E-state index is 13.2. The smallest absolute Gasteiger partial charge is 0.298 e. The summed E-state index contributed by atoms with van der Waals surface area (Å²) in [6.07, 6.45) is 3.56. The number of furan rings is 2. The molecule has 4 heterocycles. The zero-order valence-electron chi connectivity index (χ0n) is 17.1. The number of nitrogens with two attached hydrogens (primary N) is 1. The van der Waals surface area contributed by atoms with Crippen molar-refractivity contribution in [3.8, 4) is 0 Å². The third-order valence-corrected chi connectivity index (χ3v) is 6.24. The summed E-state index contributed by atoms with van der Waals surface area (Å²) in [6, 6.07) is 13.1. The summed E-state index contributed by atoms with van der Waals surface area (Å²) in [7, 11) is 0. The number of amides is 2. The lowest BCUT2D eigenvalue weighted by Crippen LogP contribution is -3.14. The average molecular weight is 421 g/mol. The molecule has 0 radical (unpaired) electrons. The normalized spacial score (nSPS) is 23.8. The Hall–Kier alpha value is -3.39. The fourth-order valence-corrected chi connectivity index (χ4v) is 4.50. The van der Waals surface area contributed by atoms with Gasteiger partial charge in [-0.05, 0) is 24.3 Å². The quantitative estimate of drug-likeness (QED) is 0.651. The number of piperidine rings is 1. The van der Waals surface area contributed by atoms with Crippen molar-refractivity contribution >= 4 is 28.5 Å². The number of para-hydroxylation sites is 1. The lowest BCUT2D eigenvalue weighted by atomic mass is 9.96. The van der Waals surface area contributed by atoms with E-state index in [0.717, 1.165) is 34.7 Å². The second-order valence-electron chi connectivity index (χ2n) is 8.27. The molecule has 1 fully saturated rings. The van der Waals surface area contributed by atoms with E-state index in [9.17, 15) is 9.59 Å². The van der Waals surface area contributed by atoms with Crippen LogP contribution in [-0.2, 0) is 9.59 Å². The van der Waals surface area contributed by atoms with Gasteiger partial charge in [-0.2, -0.15) is 5.10 Å². The molecule has 8 nitrogen and oxygen atoms in total. The number of nitrogens with zero attached hydrogens (tertiary/aromatic N) is 2. The largest absolute Gasteiger partial charge is 0.467 e. The molecular weight excluding hydrogens is 396 g/mol. The maximum atomic E-state index is 13.2. The Kier molecular flexibility index (Phi) is 5.07. The number of hydrogen-bond donors (Lipinski definition) is 2. The number of hydrogen-bond acceptors (Lipinski definition) is 5. The fraction of sp³-hybridized carbons (Fsp3) is 0.348. The van der Waals surface area contributed by atoms with Gasteiger partial charge < -0.3 is 19.5 Å². The van der Waals surface area contributed by atoms with Crippen LogP contribution < -0.4 is 10.6 Å². The van der Waals surface area contributed by atoms with Crippen molar-refractivity contribution in [2.24, 2.45) is 16.8 Å². The summed E-state index contributed by atoms with van der Waals surface area (Å²) in [6.45, 7) is 1.82. The minimum absolute atomic E-state index is 0.0694. The van der Waals surface area contributed by atoms with Crippen LogP contribution in [0, 0.1) is 5.92 Å². The van der Waals surface area contributed by atoms with Crippen LogP contribution in [0.3, 0.4) is 0 Å². The molecule has 0 unspecified atom stereocenters. The third-order valence-electron chi connectivity index (χ3n) is 6.24. The molecule has 1 aromatic carbocycles. The summed E-state index contributed by atoms with van der Waals surface area (Å²) in [5.74, 6) is 0.968. The molecule has 2 aromatic heterocycles. The number of hydrazone groups is 1. The minimum atomic E-state index is -0.298. The summed E-state index contributed by atoms with van der Waals surface area (Å²) in [5.41, 5.74) is 6.95. The van der Waals surface area contributed by atoms with Crippen LogP contribution in [0.2, 0.25) is 0 Å². The first-order valence-electron chi connectivity index (χ1n) is 10.6. The number of fused-ring (bicyclic) bond motifs is 1. The van der Waals surface area contributed by atoms with E-state index in [-0.39, 0.29) is 23.8 Å². The van der Waals surface area contributed by atoms with Crippen molar-refractivity contribution in [1.29, 1.82) is 0 Å². The predicted octanol–water partition coefficient (Wildman–Crippen LogP) is 1.48. The zero-order valence-corrected chi connectivity index (χ0v) is 17.1. The Morgan fingerprint density at radius 1 is 1.16 bits per heavy atom. The highest BCUT2D eigenvalue weighted by Gasteiger charge is 2.38. The van der Waals surface area contributed by atoms with Gasteiger partial charge in [0.25, 0.3) is 5.91 Å². The number of carbonyl (C=O) groups is 2. The number of nitrogens with one attached hydrogen (secondary N) is 1. The molecule has 2 amide bonds. The third kappa shape index (κ3) is 3.86. The second-order valence-corrected chi connectivity index (χ2v) is 8.27. The van der Waals surface area contributed by atoms with Gasteiger partial charge in [0.2, 0.25) is 5.91 Å². The monoisotopic (exact) mass is 421 g/mol. The van der Waals surface area contributed by atoms with Gasteiger partial charge in [-0.3, -0.25) is 9.59 Å². The number of benzene rings is 1. The Morgan fingerprint density at radius 3 is 2.68 bits per heavy atom. The molecule has 5 rings (SSSR count). The van der Waals surface area contributed by atoms with E-state index < -0.39 is 0 Å². The number of carbonyl (C=O) groups excluding carboxylic acids is 2.